The van der Waals surface area contributed by atoms with Gasteiger partial charge in [0.25, 0.3) is 0 Å². The molecule has 0 unspecified atom stereocenters. The van der Waals surface area contributed by atoms with Crippen LogP contribution < -0.4 is 21.1 Å². The average molecular weight is 392 g/mol. The van der Waals surface area contributed by atoms with Crippen molar-refractivity contribution in [2.75, 3.05) is 25.6 Å². The molecule has 0 bridgehead atoms. The topological polar surface area (TPSA) is 125 Å². The van der Waals surface area contributed by atoms with Crippen LogP contribution in [0.3, 0.4) is 0 Å². The molecule has 2 N–H and O–H groups in total. The van der Waals surface area contributed by atoms with Crippen molar-refractivity contribution in [2.24, 2.45) is 0 Å². The number of amides is 2. The van der Waals surface area contributed by atoms with Crippen LogP contribution in [0.1, 0.15) is 32.6 Å². The van der Waals surface area contributed by atoms with Gasteiger partial charge >= 0.3 is 23.8 Å². The van der Waals surface area contributed by atoms with E-state index in [4.69, 9.17) is 13.9 Å². The Bertz CT molecular complexity index is 845. The van der Waals surface area contributed by atoms with Crippen molar-refractivity contribution in [1.29, 1.82) is 0 Å². The van der Waals surface area contributed by atoms with Crippen LogP contribution in [0, 0.1) is 0 Å². The lowest BCUT2D eigenvalue weighted by Crippen LogP contribution is -2.29. The summed E-state index contributed by atoms with van der Waals surface area (Å²) in [6.45, 7) is 2.64. The van der Waals surface area contributed by atoms with E-state index >= 15 is 0 Å². The summed E-state index contributed by atoms with van der Waals surface area (Å²) in [5.74, 6) is -0.891. The molecule has 2 aromatic rings. The summed E-state index contributed by atoms with van der Waals surface area (Å²) in [5.41, 5.74) is 0.917. The smallest absolute Gasteiger partial charge is 0.444 e. The first-order chi connectivity index (χ1) is 13.5. The number of hydrogen-bond donors (Lipinski definition) is 2. The van der Waals surface area contributed by atoms with E-state index in [-0.39, 0.29) is 18.1 Å². The van der Waals surface area contributed by atoms with Crippen LogP contribution in [-0.2, 0) is 9.53 Å². The predicted octanol–water partition coefficient (Wildman–Crippen LogP) is 2.08. The van der Waals surface area contributed by atoms with Crippen LogP contribution in [0.15, 0.2) is 33.5 Å². The molecular weight excluding hydrogens is 368 g/mol. The van der Waals surface area contributed by atoms with Crippen LogP contribution in [0.4, 0.5) is 10.5 Å². The molecule has 0 aliphatic carbocycles. The van der Waals surface area contributed by atoms with Crippen molar-refractivity contribution in [3.63, 3.8) is 0 Å². The number of carbonyl (C=O) groups excluding carboxylic acids is 2. The monoisotopic (exact) mass is 392 g/mol. The van der Waals surface area contributed by atoms with Crippen LogP contribution in [0.2, 0.25) is 0 Å². The molecule has 0 radical (unpaired) electrons. The van der Waals surface area contributed by atoms with Crippen molar-refractivity contribution in [3.8, 4) is 11.8 Å². The number of urea groups is 1. The molecule has 2 amide bonds. The molecule has 0 fully saturated rings. The largest absolute Gasteiger partial charge is 0.466 e. The Morgan fingerprint density at radius 2 is 2.07 bits per heavy atom. The molecule has 28 heavy (non-hydrogen) atoms. The van der Waals surface area contributed by atoms with Gasteiger partial charge < -0.3 is 24.5 Å². The highest BCUT2D eigenvalue weighted by molar-refractivity contribution is 5.89. The van der Waals surface area contributed by atoms with E-state index < -0.39 is 5.76 Å². The van der Waals surface area contributed by atoms with Crippen LogP contribution in [0.5, 0.6) is 6.08 Å². The molecule has 0 spiro atoms. The lowest BCUT2D eigenvalue weighted by atomic mass is 10.2. The maximum absolute atomic E-state index is 12.0. The minimum absolute atomic E-state index is 0.149. The standard InChI is InChI=1S/C18H24N4O6/c1-3-27-15(23)10-5-4-6-11-19-16(24)20-13-8-7-9-14(12-13)22-18(25)28-17(21-22)26-2/h7-9,12H,3-6,10-11H2,1-2H3,(H2,19,20,24). The SMILES string of the molecule is CCOC(=O)CCCCCNC(=O)Nc1cccc(-n2nc(OC)oc2=O)c1. The number of methoxy groups -OCH3 is 1. The number of nitrogens with one attached hydrogen (secondary N) is 2. The third-order valence-electron chi connectivity index (χ3n) is 3.70. The Hall–Kier alpha value is -3.30. The molecule has 0 saturated heterocycles. The molecule has 0 aliphatic rings. The van der Waals surface area contributed by atoms with Gasteiger partial charge in [0.05, 0.1) is 19.4 Å². The first-order valence-electron chi connectivity index (χ1n) is 8.98. The van der Waals surface area contributed by atoms with Gasteiger partial charge in [-0.25, -0.2) is 9.59 Å². The van der Waals surface area contributed by atoms with E-state index in [1.54, 1.807) is 31.2 Å². The minimum Gasteiger partial charge on any atom is -0.466 e. The Labute approximate surface area is 161 Å². The number of esters is 1. The molecule has 1 heterocycles. The molecular formula is C18H24N4O6. The van der Waals surface area contributed by atoms with Crippen LogP contribution in [0.25, 0.3) is 5.69 Å². The van der Waals surface area contributed by atoms with Crippen molar-refractivity contribution in [1.82, 2.24) is 15.1 Å². The fourth-order valence-corrected chi connectivity index (χ4v) is 2.40. The average Bonchev–Trinajstić information content (AvgIpc) is 3.06. The van der Waals surface area contributed by atoms with E-state index in [2.05, 4.69) is 15.7 Å². The van der Waals surface area contributed by atoms with Gasteiger partial charge in [0.2, 0.25) is 0 Å². The predicted molar refractivity (Wildman–Crippen MR) is 101 cm³/mol. The lowest BCUT2D eigenvalue weighted by Gasteiger charge is -2.08. The number of aromatic nitrogens is 2. The molecule has 1 aromatic heterocycles. The summed E-state index contributed by atoms with van der Waals surface area (Å²) in [6.07, 6.45) is 2.52. The Kier molecular flexibility index (Phi) is 8.07. The number of carbonyl (C=O) groups is 2. The van der Waals surface area contributed by atoms with Gasteiger partial charge in [0.15, 0.2) is 0 Å². The second kappa shape index (κ2) is 10.8. The third-order valence-corrected chi connectivity index (χ3v) is 3.70. The number of benzene rings is 1. The number of ether oxygens (including phenoxy) is 2. The van der Waals surface area contributed by atoms with E-state index in [0.29, 0.717) is 30.9 Å². The summed E-state index contributed by atoms with van der Waals surface area (Å²) in [4.78, 5) is 35.0. The summed E-state index contributed by atoms with van der Waals surface area (Å²) >= 11 is 0. The fourth-order valence-electron chi connectivity index (χ4n) is 2.40. The second-order valence-electron chi connectivity index (χ2n) is 5.80. The molecule has 0 aliphatic heterocycles. The number of nitrogens with zero attached hydrogens (tertiary/aromatic N) is 2. The van der Waals surface area contributed by atoms with E-state index in [1.165, 1.54) is 7.11 Å². The molecule has 10 heteroatoms. The van der Waals surface area contributed by atoms with Crippen LogP contribution in [-0.4, -0.2) is 42.0 Å². The summed E-state index contributed by atoms with van der Waals surface area (Å²) in [6, 6.07) is 6.23. The molecule has 1 aromatic carbocycles. The Morgan fingerprint density at radius 1 is 1.25 bits per heavy atom. The van der Waals surface area contributed by atoms with Gasteiger partial charge in [0.1, 0.15) is 0 Å². The lowest BCUT2D eigenvalue weighted by molar-refractivity contribution is -0.143. The van der Waals surface area contributed by atoms with Crippen molar-refractivity contribution < 1.29 is 23.5 Å². The minimum atomic E-state index is -0.693. The maximum atomic E-state index is 12.0. The van der Waals surface area contributed by atoms with Gasteiger partial charge in [-0.2, -0.15) is 4.68 Å². The zero-order valence-corrected chi connectivity index (χ0v) is 15.9. The number of anilines is 1. The molecule has 2 rings (SSSR count). The van der Waals surface area contributed by atoms with Gasteiger partial charge in [-0.3, -0.25) is 4.79 Å². The first-order valence-corrected chi connectivity index (χ1v) is 8.98. The Balaban J connectivity index is 1.77. The van der Waals surface area contributed by atoms with Crippen molar-refractivity contribution in [3.05, 3.63) is 34.8 Å². The van der Waals surface area contributed by atoms with Crippen LogP contribution >= 0.6 is 0 Å². The second-order valence-corrected chi connectivity index (χ2v) is 5.80. The zero-order chi connectivity index (χ0) is 20.4. The number of rotatable bonds is 10. The third kappa shape index (κ3) is 6.45. The molecule has 0 saturated carbocycles. The van der Waals surface area contributed by atoms with Crippen molar-refractivity contribution in [2.45, 2.75) is 32.6 Å². The summed E-state index contributed by atoms with van der Waals surface area (Å²) in [7, 11) is 1.34. The Morgan fingerprint density at radius 3 is 2.79 bits per heavy atom. The van der Waals surface area contributed by atoms with Gasteiger partial charge in [-0.15, -0.1) is 0 Å². The highest BCUT2D eigenvalue weighted by atomic mass is 16.6. The fraction of sp³-hybridized carbons (Fsp3) is 0.444. The van der Waals surface area contributed by atoms with E-state index in [9.17, 15) is 14.4 Å². The van der Waals surface area contributed by atoms with E-state index in [0.717, 1.165) is 23.9 Å². The van der Waals surface area contributed by atoms with Gasteiger partial charge in [-0.1, -0.05) is 17.6 Å². The van der Waals surface area contributed by atoms with Gasteiger partial charge in [0, 0.05) is 18.7 Å². The van der Waals surface area contributed by atoms with E-state index in [1.807, 2.05) is 0 Å². The molecule has 0 atom stereocenters. The quantitative estimate of drug-likeness (QED) is 0.468. The molecule has 10 nitrogen and oxygen atoms in total. The summed E-state index contributed by atoms with van der Waals surface area (Å²) < 4.78 is 15.5. The normalized spacial score (nSPS) is 10.4. The molecule has 152 valence electrons. The van der Waals surface area contributed by atoms with Gasteiger partial charge in [-0.05, 0) is 38.0 Å². The zero-order valence-electron chi connectivity index (χ0n) is 15.9. The summed E-state index contributed by atoms with van der Waals surface area (Å²) in [5, 5.41) is 9.30. The number of hydrogen-bond acceptors (Lipinski definition) is 7. The van der Waals surface area contributed by atoms with Crippen molar-refractivity contribution >= 4 is 17.7 Å². The first kappa shape index (κ1) is 21.0. The highest BCUT2D eigenvalue weighted by Gasteiger charge is 2.11. The number of unbranched alkanes of at least 4 members (excludes halogenated alkanes) is 2. The highest BCUT2D eigenvalue weighted by Crippen LogP contribution is 2.14. The maximum Gasteiger partial charge on any atom is 0.444 e.